The first kappa shape index (κ1) is 21.2. The van der Waals surface area contributed by atoms with E-state index in [1.54, 1.807) is 6.92 Å². The number of carboxylic acid groups (broad SMARTS) is 1. The Balaban J connectivity index is 2.09. The summed E-state index contributed by atoms with van der Waals surface area (Å²) in [6.45, 7) is 1.93. The topological polar surface area (TPSA) is 156 Å². The molecule has 1 heterocycles. The van der Waals surface area contributed by atoms with Gasteiger partial charge in [0.05, 0.1) is 22.8 Å². The number of urea groups is 1. The molecule has 11 nitrogen and oxygen atoms in total. The molecule has 2 aromatic carbocycles. The van der Waals surface area contributed by atoms with Crippen LogP contribution in [-0.4, -0.2) is 40.5 Å². The number of hydrogen-bond donors (Lipinski definition) is 2. The minimum atomic E-state index is -1.23. The number of nitro benzene ring substituents is 1. The SMILES string of the molecule is CCOc1ccc(C(=O)O)cc1/C=C1/C(=O)NC(=O)N(c2cccc([N+](=O)[O-])c2)C1=O. The Morgan fingerprint density at radius 3 is 2.61 bits per heavy atom. The standard InChI is InChI=1S/C20H15N3O8/c1-2-31-16-7-6-11(19(26)27)8-12(16)9-15-17(24)21-20(28)22(18(15)25)13-4-3-5-14(10-13)23(29)30/h3-10H,2H2,1H3,(H,26,27)(H,21,24,28)/b15-9-. The van der Waals surface area contributed by atoms with Gasteiger partial charge in [-0.1, -0.05) is 6.07 Å². The number of hydrogen-bond acceptors (Lipinski definition) is 7. The number of ether oxygens (including phenoxy) is 1. The lowest BCUT2D eigenvalue weighted by Gasteiger charge is -2.26. The zero-order valence-corrected chi connectivity index (χ0v) is 16.0. The van der Waals surface area contributed by atoms with Gasteiger partial charge < -0.3 is 9.84 Å². The summed E-state index contributed by atoms with van der Waals surface area (Å²) in [4.78, 5) is 59.8. The summed E-state index contributed by atoms with van der Waals surface area (Å²) in [6.07, 6.45) is 1.10. The average Bonchev–Trinajstić information content (AvgIpc) is 2.72. The molecule has 2 N–H and O–H groups in total. The van der Waals surface area contributed by atoms with Crippen LogP contribution in [0.4, 0.5) is 16.2 Å². The maximum Gasteiger partial charge on any atom is 0.335 e. The first-order chi connectivity index (χ1) is 14.7. The summed E-state index contributed by atoms with van der Waals surface area (Å²) in [5.74, 6) is -3.03. The predicted molar refractivity (Wildman–Crippen MR) is 107 cm³/mol. The highest BCUT2D eigenvalue weighted by atomic mass is 16.6. The normalized spacial score (nSPS) is 15.1. The number of amides is 4. The first-order valence-corrected chi connectivity index (χ1v) is 8.89. The summed E-state index contributed by atoms with van der Waals surface area (Å²) < 4.78 is 5.42. The molecule has 0 spiro atoms. The maximum atomic E-state index is 13.0. The quantitative estimate of drug-likeness (QED) is 0.309. The molecule has 0 aliphatic carbocycles. The van der Waals surface area contributed by atoms with Crippen LogP contribution in [0.15, 0.2) is 48.0 Å². The van der Waals surface area contributed by atoms with Crippen molar-refractivity contribution in [2.24, 2.45) is 0 Å². The van der Waals surface area contributed by atoms with Gasteiger partial charge in [0.15, 0.2) is 0 Å². The van der Waals surface area contributed by atoms with Gasteiger partial charge in [-0.3, -0.25) is 25.0 Å². The van der Waals surface area contributed by atoms with Crippen LogP contribution in [0.2, 0.25) is 0 Å². The molecule has 11 heteroatoms. The minimum absolute atomic E-state index is 0.106. The monoisotopic (exact) mass is 425 g/mol. The Morgan fingerprint density at radius 2 is 1.97 bits per heavy atom. The van der Waals surface area contributed by atoms with E-state index in [0.29, 0.717) is 4.90 Å². The predicted octanol–water partition coefficient (Wildman–Crippen LogP) is 2.36. The summed E-state index contributed by atoms with van der Waals surface area (Å²) in [6, 6.07) is 7.62. The highest BCUT2D eigenvalue weighted by Gasteiger charge is 2.37. The second-order valence-electron chi connectivity index (χ2n) is 6.23. The molecule has 0 aromatic heterocycles. The Hall–Kier alpha value is -4.54. The number of aromatic carboxylic acids is 1. The van der Waals surface area contributed by atoms with Crippen molar-refractivity contribution in [2.75, 3.05) is 11.5 Å². The molecule has 0 atom stereocenters. The Bertz CT molecular complexity index is 1150. The molecule has 1 aliphatic heterocycles. The van der Waals surface area contributed by atoms with Gasteiger partial charge in [-0.05, 0) is 37.3 Å². The number of anilines is 1. The Labute approximate surface area is 174 Å². The number of rotatable bonds is 6. The fourth-order valence-corrected chi connectivity index (χ4v) is 2.87. The van der Waals surface area contributed by atoms with Crippen molar-refractivity contribution in [1.82, 2.24) is 5.32 Å². The van der Waals surface area contributed by atoms with Crippen LogP contribution in [0.5, 0.6) is 5.75 Å². The third-order valence-electron chi connectivity index (χ3n) is 4.26. The summed E-state index contributed by atoms with van der Waals surface area (Å²) in [5.41, 5.74) is -0.915. The highest BCUT2D eigenvalue weighted by Crippen LogP contribution is 2.28. The van der Waals surface area contributed by atoms with Crippen molar-refractivity contribution in [3.63, 3.8) is 0 Å². The van der Waals surface area contributed by atoms with Gasteiger partial charge in [0.2, 0.25) is 0 Å². The smallest absolute Gasteiger partial charge is 0.335 e. The summed E-state index contributed by atoms with van der Waals surface area (Å²) >= 11 is 0. The molecule has 1 saturated heterocycles. The third kappa shape index (κ3) is 4.24. The lowest BCUT2D eigenvalue weighted by molar-refractivity contribution is -0.384. The number of carboxylic acids is 1. The van der Waals surface area contributed by atoms with Crippen LogP contribution in [0.1, 0.15) is 22.8 Å². The highest BCUT2D eigenvalue weighted by molar-refractivity contribution is 6.39. The fourth-order valence-electron chi connectivity index (χ4n) is 2.87. The van der Waals surface area contributed by atoms with E-state index in [0.717, 1.165) is 12.1 Å². The van der Waals surface area contributed by atoms with Gasteiger partial charge in [-0.25, -0.2) is 14.5 Å². The summed E-state index contributed by atoms with van der Waals surface area (Å²) in [5, 5.41) is 22.2. The summed E-state index contributed by atoms with van der Waals surface area (Å²) in [7, 11) is 0. The number of carbonyl (C=O) groups excluding carboxylic acids is 3. The number of non-ortho nitro benzene ring substituents is 1. The number of nitrogens with one attached hydrogen (secondary N) is 1. The average molecular weight is 425 g/mol. The van der Waals surface area contributed by atoms with Crippen molar-refractivity contribution >= 4 is 41.3 Å². The first-order valence-electron chi connectivity index (χ1n) is 8.89. The molecular weight excluding hydrogens is 410 g/mol. The van der Waals surface area contributed by atoms with E-state index < -0.39 is 34.3 Å². The third-order valence-corrected chi connectivity index (χ3v) is 4.26. The van der Waals surface area contributed by atoms with E-state index in [-0.39, 0.29) is 34.9 Å². The zero-order chi connectivity index (χ0) is 22.7. The maximum absolute atomic E-state index is 13.0. The molecule has 0 radical (unpaired) electrons. The Kier molecular flexibility index (Phi) is 5.77. The van der Waals surface area contributed by atoms with E-state index in [4.69, 9.17) is 4.74 Å². The molecule has 4 amide bonds. The van der Waals surface area contributed by atoms with Gasteiger partial charge in [0, 0.05) is 17.7 Å². The van der Waals surface area contributed by atoms with E-state index in [1.165, 1.54) is 36.4 Å². The molecule has 0 bridgehead atoms. The van der Waals surface area contributed by atoms with E-state index in [9.17, 15) is 34.4 Å². The molecule has 3 rings (SSSR count). The number of nitro groups is 1. The number of barbiturate groups is 1. The van der Waals surface area contributed by atoms with Crippen molar-refractivity contribution in [3.05, 3.63) is 69.3 Å². The molecular formula is C20H15N3O8. The van der Waals surface area contributed by atoms with E-state index in [1.807, 2.05) is 5.32 Å². The van der Waals surface area contributed by atoms with Crippen LogP contribution in [-0.2, 0) is 9.59 Å². The van der Waals surface area contributed by atoms with Crippen LogP contribution >= 0.6 is 0 Å². The number of nitrogens with zero attached hydrogens (tertiary/aromatic N) is 2. The van der Waals surface area contributed by atoms with Gasteiger partial charge >= 0.3 is 12.0 Å². The van der Waals surface area contributed by atoms with Crippen LogP contribution in [0, 0.1) is 10.1 Å². The molecule has 2 aromatic rings. The Morgan fingerprint density at radius 1 is 1.23 bits per heavy atom. The second kappa shape index (κ2) is 8.45. The molecule has 1 aliphatic rings. The second-order valence-corrected chi connectivity index (χ2v) is 6.23. The van der Waals surface area contributed by atoms with Crippen LogP contribution in [0.3, 0.4) is 0 Å². The van der Waals surface area contributed by atoms with Crippen LogP contribution in [0.25, 0.3) is 6.08 Å². The van der Waals surface area contributed by atoms with E-state index >= 15 is 0 Å². The van der Waals surface area contributed by atoms with Gasteiger partial charge in [0.1, 0.15) is 11.3 Å². The van der Waals surface area contributed by atoms with Crippen LogP contribution < -0.4 is 15.0 Å². The van der Waals surface area contributed by atoms with Crippen molar-refractivity contribution < 1.29 is 33.9 Å². The molecule has 1 fully saturated rings. The fraction of sp³-hybridized carbons (Fsp3) is 0.100. The molecule has 31 heavy (non-hydrogen) atoms. The molecule has 0 unspecified atom stereocenters. The van der Waals surface area contributed by atoms with E-state index in [2.05, 4.69) is 0 Å². The van der Waals surface area contributed by atoms with Crippen molar-refractivity contribution in [1.29, 1.82) is 0 Å². The lowest BCUT2D eigenvalue weighted by Crippen LogP contribution is -2.54. The molecule has 0 saturated carbocycles. The minimum Gasteiger partial charge on any atom is -0.493 e. The van der Waals surface area contributed by atoms with Crippen molar-refractivity contribution in [2.45, 2.75) is 6.92 Å². The van der Waals surface area contributed by atoms with Gasteiger partial charge in [-0.15, -0.1) is 0 Å². The van der Waals surface area contributed by atoms with Gasteiger partial charge in [-0.2, -0.15) is 0 Å². The van der Waals surface area contributed by atoms with Gasteiger partial charge in [0.25, 0.3) is 17.5 Å². The van der Waals surface area contributed by atoms with Crippen molar-refractivity contribution in [3.8, 4) is 5.75 Å². The zero-order valence-electron chi connectivity index (χ0n) is 16.0. The molecule has 158 valence electrons. The number of carbonyl (C=O) groups is 4. The number of imide groups is 2. The number of benzene rings is 2. The largest absolute Gasteiger partial charge is 0.493 e. The lowest BCUT2D eigenvalue weighted by atomic mass is 10.0.